The summed E-state index contributed by atoms with van der Waals surface area (Å²) in [5.41, 5.74) is 6.07. The molecule has 0 radical (unpaired) electrons. The van der Waals surface area contributed by atoms with Crippen LogP contribution < -0.4 is 5.73 Å². The predicted octanol–water partition coefficient (Wildman–Crippen LogP) is 0.891. The molecule has 2 aliphatic rings. The van der Waals surface area contributed by atoms with Gasteiger partial charge in [0.1, 0.15) is 0 Å². The maximum atomic E-state index is 6.07. The highest BCUT2D eigenvalue weighted by Gasteiger charge is 2.39. The molecule has 0 aliphatic carbocycles. The topological polar surface area (TPSA) is 32.5 Å². The SMILES string of the molecule is CC(CN1C2CCC1CC(N)C2)N(C)C. The van der Waals surface area contributed by atoms with Crippen LogP contribution in [0.5, 0.6) is 0 Å². The van der Waals surface area contributed by atoms with E-state index in [0.717, 1.165) is 12.1 Å². The molecule has 0 spiro atoms. The first-order valence-corrected chi connectivity index (χ1v) is 6.25. The standard InChI is InChI=1S/C12H25N3/c1-9(14(2)3)8-15-11-4-5-12(15)7-10(13)6-11/h9-12H,4-8,13H2,1-3H3. The molecule has 0 aromatic rings. The second-order valence-electron chi connectivity index (χ2n) is 5.63. The second kappa shape index (κ2) is 4.40. The van der Waals surface area contributed by atoms with Crippen LogP contribution in [-0.4, -0.2) is 54.6 Å². The normalized spacial score (nSPS) is 38.6. The minimum absolute atomic E-state index is 0.466. The Kier molecular flexibility index (Phi) is 3.33. The van der Waals surface area contributed by atoms with Crippen molar-refractivity contribution in [3.05, 3.63) is 0 Å². The summed E-state index contributed by atoms with van der Waals surface area (Å²) in [7, 11) is 4.34. The van der Waals surface area contributed by atoms with Crippen molar-refractivity contribution in [1.82, 2.24) is 9.80 Å². The number of rotatable bonds is 3. The summed E-state index contributed by atoms with van der Waals surface area (Å²) < 4.78 is 0. The van der Waals surface area contributed by atoms with Crippen molar-refractivity contribution in [3.63, 3.8) is 0 Å². The molecule has 0 aromatic carbocycles. The molecule has 15 heavy (non-hydrogen) atoms. The summed E-state index contributed by atoms with van der Waals surface area (Å²) in [6.45, 7) is 3.53. The summed E-state index contributed by atoms with van der Waals surface area (Å²) in [5.74, 6) is 0. The average Bonchev–Trinajstić information content (AvgIpc) is 2.42. The monoisotopic (exact) mass is 211 g/mol. The van der Waals surface area contributed by atoms with Gasteiger partial charge in [0, 0.05) is 30.7 Å². The fraction of sp³-hybridized carbons (Fsp3) is 1.00. The Morgan fingerprint density at radius 1 is 1.27 bits per heavy atom. The Labute approximate surface area is 93.6 Å². The van der Waals surface area contributed by atoms with Gasteiger partial charge in [-0.3, -0.25) is 4.90 Å². The maximum Gasteiger partial charge on any atom is 0.0189 e. The summed E-state index contributed by atoms with van der Waals surface area (Å²) in [5, 5.41) is 0. The van der Waals surface area contributed by atoms with Gasteiger partial charge in [-0.15, -0.1) is 0 Å². The van der Waals surface area contributed by atoms with Crippen molar-refractivity contribution in [3.8, 4) is 0 Å². The highest BCUT2D eigenvalue weighted by Crippen LogP contribution is 2.35. The predicted molar refractivity (Wildman–Crippen MR) is 63.9 cm³/mol. The number of likely N-dealkylation sites (N-methyl/N-ethyl adjacent to an activating group) is 1. The van der Waals surface area contributed by atoms with Crippen molar-refractivity contribution >= 4 is 0 Å². The van der Waals surface area contributed by atoms with Crippen LogP contribution in [0.15, 0.2) is 0 Å². The van der Waals surface area contributed by atoms with Crippen molar-refractivity contribution in [2.45, 2.75) is 56.8 Å². The summed E-state index contributed by atoms with van der Waals surface area (Å²) in [6, 6.07) is 2.68. The molecule has 3 atom stereocenters. The molecule has 0 amide bonds. The van der Waals surface area contributed by atoms with Gasteiger partial charge in [0.2, 0.25) is 0 Å². The van der Waals surface area contributed by atoms with Crippen LogP contribution >= 0.6 is 0 Å². The van der Waals surface area contributed by atoms with Crippen molar-refractivity contribution in [2.24, 2.45) is 5.73 Å². The van der Waals surface area contributed by atoms with Crippen LogP contribution in [0.2, 0.25) is 0 Å². The van der Waals surface area contributed by atoms with Gasteiger partial charge >= 0.3 is 0 Å². The highest BCUT2D eigenvalue weighted by atomic mass is 15.3. The molecule has 0 aromatic heterocycles. The molecule has 2 saturated heterocycles. The number of nitrogens with zero attached hydrogens (tertiary/aromatic N) is 2. The number of hydrogen-bond donors (Lipinski definition) is 1. The van der Waals surface area contributed by atoms with E-state index in [1.54, 1.807) is 0 Å². The van der Waals surface area contributed by atoms with Crippen LogP contribution in [-0.2, 0) is 0 Å². The van der Waals surface area contributed by atoms with Crippen molar-refractivity contribution in [1.29, 1.82) is 0 Å². The highest BCUT2D eigenvalue weighted by molar-refractivity contribution is 4.97. The first-order chi connectivity index (χ1) is 7.08. The summed E-state index contributed by atoms with van der Waals surface area (Å²) in [4.78, 5) is 5.03. The van der Waals surface area contributed by atoms with Gasteiger partial charge in [-0.2, -0.15) is 0 Å². The number of nitrogens with two attached hydrogens (primary N) is 1. The molecule has 3 unspecified atom stereocenters. The van der Waals surface area contributed by atoms with Crippen LogP contribution in [0.3, 0.4) is 0 Å². The zero-order valence-electron chi connectivity index (χ0n) is 10.3. The molecule has 2 heterocycles. The van der Waals surface area contributed by atoms with Gasteiger partial charge in [0.15, 0.2) is 0 Å². The number of piperidine rings is 1. The Morgan fingerprint density at radius 3 is 2.27 bits per heavy atom. The number of fused-ring (bicyclic) bond motifs is 2. The van der Waals surface area contributed by atoms with Crippen molar-refractivity contribution in [2.75, 3.05) is 20.6 Å². The Hall–Kier alpha value is -0.120. The lowest BCUT2D eigenvalue weighted by Gasteiger charge is -2.40. The first-order valence-electron chi connectivity index (χ1n) is 6.25. The van der Waals surface area contributed by atoms with Gasteiger partial charge < -0.3 is 10.6 Å². The van der Waals surface area contributed by atoms with E-state index in [1.165, 1.54) is 32.2 Å². The largest absolute Gasteiger partial charge is 0.328 e. The lowest BCUT2D eigenvalue weighted by Crippen LogP contribution is -2.51. The summed E-state index contributed by atoms with van der Waals surface area (Å²) >= 11 is 0. The molecule has 0 saturated carbocycles. The molecule has 88 valence electrons. The lowest BCUT2D eigenvalue weighted by atomic mass is 9.97. The van der Waals surface area contributed by atoms with Gasteiger partial charge in [0.05, 0.1) is 0 Å². The molecule has 2 rings (SSSR count). The minimum Gasteiger partial charge on any atom is -0.328 e. The van der Waals surface area contributed by atoms with E-state index in [1.807, 2.05) is 0 Å². The van der Waals surface area contributed by atoms with E-state index in [0.29, 0.717) is 12.1 Å². The van der Waals surface area contributed by atoms with E-state index in [9.17, 15) is 0 Å². The van der Waals surface area contributed by atoms with E-state index in [-0.39, 0.29) is 0 Å². The van der Waals surface area contributed by atoms with Crippen LogP contribution in [0.4, 0.5) is 0 Å². The third kappa shape index (κ3) is 2.35. The van der Waals surface area contributed by atoms with Crippen LogP contribution in [0.25, 0.3) is 0 Å². The molecular formula is C12H25N3. The molecule has 3 nitrogen and oxygen atoms in total. The fourth-order valence-corrected chi connectivity index (χ4v) is 3.08. The first kappa shape index (κ1) is 11.4. The van der Waals surface area contributed by atoms with E-state index in [4.69, 9.17) is 5.73 Å². The smallest absolute Gasteiger partial charge is 0.0189 e. The third-order valence-corrected chi connectivity index (χ3v) is 4.28. The second-order valence-corrected chi connectivity index (χ2v) is 5.63. The van der Waals surface area contributed by atoms with E-state index < -0.39 is 0 Å². The lowest BCUT2D eigenvalue weighted by molar-refractivity contribution is 0.0967. The maximum absolute atomic E-state index is 6.07. The average molecular weight is 211 g/mol. The summed E-state index contributed by atoms with van der Waals surface area (Å²) in [6.07, 6.45) is 5.18. The quantitative estimate of drug-likeness (QED) is 0.752. The Morgan fingerprint density at radius 2 is 1.80 bits per heavy atom. The van der Waals surface area contributed by atoms with E-state index in [2.05, 4.69) is 30.8 Å². The minimum atomic E-state index is 0.466. The van der Waals surface area contributed by atoms with Crippen LogP contribution in [0.1, 0.15) is 32.6 Å². The third-order valence-electron chi connectivity index (χ3n) is 4.28. The zero-order chi connectivity index (χ0) is 11.0. The molecule has 2 aliphatic heterocycles. The Bertz CT molecular complexity index is 203. The fourth-order valence-electron chi connectivity index (χ4n) is 3.08. The van der Waals surface area contributed by atoms with Gasteiger partial charge in [-0.25, -0.2) is 0 Å². The van der Waals surface area contributed by atoms with E-state index >= 15 is 0 Å². The van der Waals surface area contributed by atoms with Gasteiger partial charge in [0.25, 0.3) is 0 Å². The van der Waals surface area contributed by atoms with Gasteiger partial charge in [-0.05, 0) is 46.7 Å². The molecule has 2 fully saturated rings. The molecular weight excluding hydrogens is 186 g/mol. The number of hydrogen-bond acceptors (Lipinski definition) is 3. The molecule has 2 N–H and O–H groups in total. The Balaban J connectivity index is 1.94. The van der Waals surface area contributed by atoms with Crippen molar-refractivity contribution < 1.29 is 0 Å². The zero-order valence-corrected chi connectivity index (χ0v) is 10.3. The molecule has 3 heteroatoms. The van der Waals surface area contributed by atoms with Crippen LogP contribution in [0, 0.1) is 0 Å². The van der Waals surface area contributed by atoms with Gasteiger partial charge in [-0.1, -0.05) is 0 Å². The molecule has 2 bridgehead atoms.